The van der Waals surface area contributed by atoms with Gasteiger partial charge in [0.05, 0.1) is 6.61 Å². The molecule has 0 heterocycles. The molecular formula is C15H24FNO3S. The summed E-state index contributed by atoms with van der Waals surface area (Å²) in [6, 6.07) is 3.67. The Hall–Kier alpha value is -0.980. The van der Waals surface area contributed by atoms with Crippen LogP contribution < -0.4 is 0 Å². The van der Waals surface area contributed by atoms with E-state index < -0.39 is 15.8 Å². The molecule has 1 aromatic rings. The van der Waals surface area contributed by atoms with E-state index >= 15 is 0 Å². The van der Waals surface area contributed by atoms with Crippen molar-refractivity contribution in [1.29, 1.82) is 0 Å². The first-order valence-corrected chi connectivity index (χ1v) is 8.52. The molecule has 0 aliphatic carbocycles. The fraction of sp³-hybridized carbons (Fsp3) is 0.600. The van der Waals surface area contributed by atoms with Crippen molar-refractivity contribution in [3.8, 4) is 0 Å². The zero-order valence-electron chi connectivity index (χ0n) is 13.0. The van der Waals surface area contributed by atoms with Gasteiger partial charge in [0.1, 0.15) is 10.7 Å². The molecule has 6 heteroatoms. The van der Waals surface area contributed by atoms with Gasteiger partial charge in [-0.1, -0.05) is 33.8 Å². The van der Waals surface area contributed by atoms with Gasteiger partial charge >= 0.3 is 0 Å². The Bertz CT molecular complexity index is 560. The van der Waals surface area contributed by atoms with Crippen LogP contribution in [0.15, 0.2) is 23.1 Å². The van der Waals surface area contributed by atoms with Crippen LogP contribution >= 0.6 is 0 Å². The largest absolute Gasteiger partial charge is 0.392 e. The number of benzene rings is 1. The van der Waals surface area contributed by atoms with E-state index in [1.807, 2.05) is 27.7 Å². The van der Waals surface area contributed by atoms with Crippen molar-refractivity contribution < 1.29 is 17.9 Å². The number of hydrogen-bond acceptors (Lipinski definition) is 3. The summed E-state index contributed by atoms with van der Waals surface area (Å²) in [5.41, 5.74) is 0.379. The molecular weight excluding hydrogens is 293 g/mol. The van der Waals surface area contributed by atoms with E-state index in [9.17, 15) is 12.8 Å². The van der Waals surface area contributed by atoms with Crippen LogP contribution in [0.2, 0.25) is 0 Å². The van der Waals surface area contributed by atoms with Crippen LogP contribution in [0.3, 0.4) is 0 Å². The third-order valence-electron chi connectivity index (χ3n) is 2.93. The Kier molecular flexibility index (Phi) is 6.31. The fourth-order valence-corrected chi connectivity index (χ4v) is 3.95. The molecule has 0 aromatic heterocycles. The summed E-state index contributed by atoms with van der Waals surface area (Å²) < 4.78 is 40.7. The summed E-state index contributed by atoms with van der Waals surface area (Å²) in [5, 5.41) is 9.12. The van der Waals surface area contributed by atoms with Crippen LogP contribution in [0, 0.1) is 17.7 Å². The van der Waals surface area contributed by atoms with Gasteiger partial charge in [0.15, 0.2) is 0 Å². The van der Waals surface area contributed by atoms with Crippen LogP contribution in [0.25, 0.3) is 0 Å². The Labute approximate surface area is 126 Å². The predicted octanol–water partition coefficient (Wildman–Crippen LogP) is 2.62. The minimum absolute atomic E-state index is 0.141. The van der Waals surface area contributed by atoms with E-state index in [0.29, 0.717) is 18.7 Å². The molecule has 0 unspecified atom stereocenters. The number of nitrogens with zero attached hydrogens (tertiary/aromatic N) is 1. The minimum atomic E-state index is -3.91. The number of sulfonamides is 1. The lowest BCUT2D eigenvalue weighted by Crippen LogP contribution is -2.37. The van der Waals surface area contributed by atoms with Crippen molar-refractivity contribution in [2.75, 3.05) is 13.1 Å². The lowest BCUT2D eigenvalue weighted by molar-refractivity contribution is 0.281. The number of aliphatic hydroxyl groups is 1. The van der Waals surface area contributed by atoms with E-state index in [1.165, 1.54) is 16.4 Å². The molecule has 0 radical (unpaired) electrons. The van der Waals surface area contributed by atoms with Gasteiger partial charge in [-0.3, -0.25) is 0 Å². The van der Waals surface area contributed by atoms with Gasteiger partial charge in [0.2, 0.25) is 10.0 Å². The number of aliphatic hydroxyl groups excluding tert-OH is 1. The lowest BCUT2D eigenvalue weighted by atomic mass is 10.2. The highest BCUT2D eigenvalue weighted by Gasteiger charge is 2.28. The molecule has 0 aliphatic rings. The highest BCUT2D eigenvalue weighted by Crippen LogP contribution is 2.23. The van der Waals surface area contributed by atoms with Crippen molar-refractivity contribution in [2.24, 2.45) is 11.8 Å². The van der Waals surface area contributed by atoms with E-state index in [2.05, 4.69) is 0 Å². The third kappa shape index (κ3) is 4.76. The second-order valence-electron chi connectivity index (χ2n) is 6.03. The molecule has 0 fully saturated rings. The summed E-state index contributed by atoms with van der Waals surface area (Å²) >= 11 is 0. The maximum atomic E-state index is 13.9. The molecule has 1 rings (SSSR count). The molecule has 0 saturated carbocycles. The first-order valence-electron chi connectivity index (χ1n) is 7.08. The normalized spacial score (nSPS) is 12.6. The molecule has 0 atom stereocenters. The van der Waals surface area contributed by atoms with Crippen LogP contribution in [0.5, 0.6) is 0 Å². The Morgan fingerprint density at radius 3 is 2.10 bits per heavy atom. The summed E-state index contributed by atoms with van der Waals surface area (Å²) in [6.07, 6.45) is 0. The van der Waals surface area contributed by atoms with Crippen LogP contribution in [0.1, 0.15) is 33.3 Å². The van der Waals surface area contributed by atoms with Gasteiger partial charge in [-0.05, 0) is 29.5 Å². The van der Waals surface area contributed by atoms with Crippen molar-refractivity contribution in [3.63, 3.8) is 0 Å². The van der Waals surface area contributed by atoms with Gasteiger partial charge < -0.3 is 5.11 Å². The highest BCUT2D eigenvalue weighted by molar-refractivity contribution is 7.89. The lowest BCUT2D eigenvalue weighted by Gasteiger charge is -2.26. The first-order chi connectivity index (χ1) is 9.68. The predicted molar refractivity (Wildman–Crippen MR) is 80.8 cm³/mol. The SMILES string of the molecule is CC(C)CN(CC(C)C)S(=O)(=O)c1cc(CO)ccc1F. The van der Waals surface area contributed by atoms with Crippen molar-refractivity contribution >= 4 is 10.0 Å². The van der Waals surface area contributed by atoms with Crippen LogP contribution in [-0.2, 0) is 16.6 Å². The monoisotopic (exact) mass is 317 g/mol. The van der Waals surface area contributed by atoms with E-state index in [1.54, 1.807) is 0 Å². The van der Waals surface area contributed by atoms with Gasteiger partial charge in [-0.25, -0.2) is 12.8 Å². The molecule has 1 N–H and O–H groups in total. The van der Waals surface area contributed by atoms with Crippen molar-refractivity contribution in [2.45, 2.75) is 39.2 Å². The smallest absolute Gasteiger partial charge is 0.246 e. The van der Waals surface area contributed by atoms with E-state index in [-0.39, 0.29) is 23.3 Å². The molecule has 0 amide bonds. The molecule has 0 spiro atoms. The van der Waals surface area contributed by atoms with Gasteiger partial charge in [0, 0.05) is 13.1 Å². The van der Waals surface area contributed by atoms with Crippen molar-refractivity contribution in [1.82, 2.24) is 4.31 Å². The van der Waals surface area contributed by atoms with Crippen LogP contribution in [0.4, 0.5) is 4.39 Å². The second-order valence-corrected chi connectivity index (χ2v) is 7.94. The van der Waals surface area contributed by atoms with Gasteiger partial charge in [0.25, 0.3) is 0 Å². The summed E-state index contributed by atoms with van der Waals surface area (Å²) in [7, 11) is -3.91. The molecule has 0 aliphatic heterocycles. The first kappa shape index (κ1) is 18.1. The third-order valence-corrected chi connectivity index (χ3v) is 4.78. The van der Waals surface area contributed by atoms with Crippen molar-refractivity contribution in [3.05, 3.63) is 29.6 Å². The molecule has 0 saturated heterocycles. The number of rotatable bonds is 7. The Balaban J connectivity index is 3.27. The zero-order chi connectivity index (χ0) is 16.2. The molecule has 0 bridgehead atoms. The zero-order valence-corrected chi connectivity index (χ0v) is 13.8. The molecule has 120 valence electrons. The quantitative estimate of drug-likeness (QED) is 0.841. The maximum Gasteiger partial charge on any atom is 0.246 e. The van der Waals surface area contributed by atoms with Crippen LogP contribution in [-0.4, -0.2) is 30.9 Å². The Morgan fingerprint density at radius 1 is 1.14 bits per heavy atom. The molecule has 1 aromatic carbocycles. The number of halogens is 1. The summed E-state index contributed by atoms with van der Waals surface area (Å²) in [6.45, 7) is 8.03. The van der Waals surface area contributed by atoms with Gasteiger partial charge in [-0.2, -0.15) is 4.31 Å². The summed E-state index contributed by atoms with van der Waals surface area (Å²) in [5.74, 6) is -0.505. The van der Waals surface area contributed by atoms with Gasteiger partial charge in [-0.15, -0.1) is 0 Å². The molecule has 21 heavy (non-hydrogen) atoms. The topological polar surface area (TPSA) is 57.6 Å². The highest BCUT2D eigenvalue weighted by atomic mass is 32.2. The number of hydrogen-bond donors (Lipinski definition) is 1. The maximum absolute atomic E-state index is 13.9. The minimum Gasteiger partial charge on any atom is -0.392 e. The average Bonchev–Trinajstić information content (AvgIpc) is 2.37. The standard InChI is InChI=1S/C15H24FNO3S/c1-11(2)8-17(9-12(3)4)21(19,20)15-7-13(10-18)5-6-14(15)16/h5-7,11-12,18H,8-10H2,1-4H3. The fourth-order valence-electron chi connectivity index (χ4n) is 2.07. The molecule has 4 nitrogen and oxygen atoms in total. The Morgan fingerprint density at radius 2 is 1.67 bits per heavy atom. The second kappa shape index (κ2) is 7.33. The average molecular weight is 317 g/mol. The van der Waals surface area contributed by atoms with E-state index in [0.717, 1.165) is 6.07 Å². The van der Waals surface area contributed by atoms with E-state index in [4.69, 9.17) is 5.11 Å². The summed E-state index contributed by atoms with van der Waals surface area (Å²) in [4.78, 5) is -0.365.